The molecule has 1 amide bonds. The molecule has 1 spiro atoms. The molecule has 0 atom stereocenters. The Morgan fingerprint density at radius 3 is 2.38 bits per heavy atom. The number of carbonyl (C=O) groups excluding carboxylic acids is 1. The van der Waals surface area contributed by atoms with Gasteiger partial charge in [0.2, 0.25) is 5.91 Å². The van der Waals surface area contributed by atoms with Crippen LogP contribution in [0.5, 0.6) is 0 Å². The summed E-state index contributed by atoms with van der Waals surface area (Å²) in [5, 5.41) is 2.91. The first-order valence-corrected chi connectivity index (χ1v) is 4.83. The Morgan fingerprint density at radius 1 is 1.31 bits per heavy atom. The zero-order valence-electron chi connectivity index (χ0n) is 8.34. The average molecular weight is 183 g/mol. The maximum Gasteiger partial charge on any atom is 0.241 e. The van der Waals surface area contributed by atoms with Crippen molar-refractivity contribution in [2.75, 3.05) is 33.9 Å². The van der Waals surface area contributed by atoms with Gasteiger partial charge in [-0.05, 0) is 26.9 Å². The van der Waals surface area contributed by atoms with Crippen molar-refractivity contribution in [3.8, 4) is 0 Å². The maximum absolute atomic E-state index is 11.7. The average Bonchev–Trinajstić information content (AvgIpc) is 2.39. The molecule has 0 aromatic carbocycles. The molecule has 0 bridgehead atoms. The number of nitrogens with zero attached hydrogens (tertiary/aromatic N) is 2. The van der Waals surface area contributed by atoms with Crippen molar-refractivity contribution in [3.05, 3.63) is 0 Å². The van der Waals surface area contributed by atoms with Gasteiger partial charge in [-0.15, -0.1) is 0 Å². The van der Waals surface area contributed by atoms with Gasteiger partial charge in [0.25, 0.3) is 0 Å². The molecule has 0 saturated carbocycles. The van der Waals surface area contributed by atoms with E-state index in [-0.39, 0.29) is 11.4 Å². The molecule has 2 aliphatic rings. The number of amides is 1. The molecule has 0 aliphatic carbocycles. The Kier molecular flexibility index (Phi) is 2.04. The highest BCUT2D eigenvalue weighted by Gasteiger charge is 2.47. The monoisotopic (exact) mass is 183 g/mol. The first-order chi connectivity index (χ1) is 6.15. The van der Waals surface area contributed by atoms with Gasteiger partial charge in [-0.3, -0.25) is 9.69 Å². The molecule has 0 radical (unpaired) electrons. The molecular weight excluding hydrogens is 166 g/mol. The minimum absolute atomic E-state index is 0.188. The molecule has 74 valence electrons. The van der Waals surface area contributed by atoms with E-state index < -0.39 is 0 Å². The quantitative estimate of drug-likeness (QED) is 0.548. The van der Waals surface area contributed by atoms with Gasteiger partial charge in [-0.2, -0.15) is 0 Å². The minimum atomic E-state index is -0.188. The SMILES string of the molecule is CN1CCC2(CC1)C(=O)NCN2C. The fourth-order valence-corrected chi connectivity index (χ4v) is 2.28. The summed E-state index contributed by atoms with van der Waals surface area (Å²) >= 11 is 0. The fourth-order valence-electron chi connectivity index (χ4n) is 2.28. The van der Waals surface area contributed by atoms with Crippen molar-refractivity contribution < 1.29 is 4.79 Å². The lowest BCUT2D eigenvalue weighted by Gasteiger charge is -2.39. The van der Waals surface area contributed by atoms with Crippen LogP contribution in [0.2, 0.25) is 0 Å². The number of rotatable bonds is 0. The molecule has 0 unspecified atom stereocenters. The Labute approximate surface area is 78.9 Å². The standard InChI is InChI=1S/C9H17N3O/c1-11-5-3-9(4-6-11)8(13)10-7-12(9)2/h3-7H2,1-2H3,(H,10,13). The van der Waals surface area contributed by atoms with Gasteiger partial charge in [-0.1, -0.05) is 0 Å². The molecule has 0 aromatic heterocycles. The van der Waals surface area contributed by atoms with Gasteiger partial charge in [0.05, 0.1) is 6.67 Å². The smallest absolute Gasteiger partial charge is 0.241 e. The molecule has 0 aromatic rings. The van der Waals surface area contributed by atoms with Gasteiger partial charge < -0.3 is 10.2 Å². The van der Waals surface area contributed by atoms with Crippen molar-refractivity contribution >= 4 is 5.91 Å². The van der Waals surface area contributed by atoms with Crippen molar-refractivity contribution in [1.29, 1.82) is 0 Å². The third-order valence-electron chi connectivity index (χ3n) is 3.44. The Bertz CT molecular complexity index is 221. The van der Waals surface area contributed by atoms with E-state index in [4.69, 9.17) is 0 Å². The van der Waals surface area contributed by atoms with E-state index in [1.807, 2.05) is 7.05 Å². The Balaban J connectivity index is 2.15. The predicted molar refractivity (Wildman–Crippen MR) is 50.2 cm³/mol. The predicted octanol–water partition coefficient (Wildman–Crippen LogP) is -0.530. The first-order valence-electron chi connectivity index (χ1n) is 4.83. The summed E-state index contributed by atoms with van der Waals surface area (Å²) in [6.07, 6.45) is 1.93. The lowest BCUT2D eigenvalue weighted by molar-refractivity contribution is -0.128. The number of nitrogens with one attached hydrogen (secondary N) is 1. The maximum atomic E-state index is 11.7. The summed E-state index contributed by atoms with van der Waals surface area (Å²) in [5.41, 5.74) is -0.188. The second-order valence-electron chi connectivity index (χ2n) is 4.20. The molecule has 2 fully saturated rings. The third kappa shape index (κ3) is 1.25. The van der Waals surface area contributed by atoms with Crippen LogP contribution >= 0.6 is 0 Å². The zero-order chi connectivity index (χ0) is 9.47. The van der Waals surface area contributed by atoms with Gasteiger partial charge in [0.15, 0.2) is 0 Å². The summed E-state index contributed by atoms with van der Waals surface area (Å²) in [6.45, 7) is 2.76. The number of carbonyl (C=O) groups is 1. The molecule has 13 heavy (non-hydrogen) atoms. The van der Waals surface area contributed by atoms with E-state index in [0.29, 0.717) is 6.67 Å². The minimum Gasteiger partial charge on any atom is -0.342 e. The van der Waals surface area contributed by atoms with Crippen molar-refractivity contribution in [2.45, 2.75) is 18.4 Å². The van der Waals surface area contributed by atoms with Crippen LogP contribution in [0, 0.1) is 0 Å². The zero-order valence-corrected chi connectivity index (χ0v) is 8.34. The van der Waals surface area contributed by atoms with Crippen LogP contribution < -0.4 is 5.32 Å². The van der Waals surface area contributed by atoms with Crippen molar-refractivity contribution in [1.82, 2.24) is 15.1 Å². The van der Waals surface area contributed by atoms with E-state index in [2.05, 4.69) is 22.2 Å². The molecule has 2 saturated heterocycles. The van der Waals surface area contributed by atoms with Crippen molar-refractivity contribution in [2.24, 2.45) is 0 Å². The molecule has 2 aliphatic heterocycles. The highest BCUT2D eigenvalue weighted by Crippen LogP contribution is 2.30. The third-order valence-corrected chi connectivity index (χ3v) is 3.44. The highest BCUT2D eigenvalue weighted by atomic mass is 16.2. The van der Waals surface area contributed by atoms with E-state index in [1.54, 1.807) is 0 Å². The van der Waals surface area contributed by atoms with Gasteiger partial charge in [0, 0.05) is 13.1 Å². The lowest BCUT2D eigenvalue weighted by Crippen LogP contribution is -2.54. The van der Waals surface area contributed by atoms with Crippen molar-refractivity contribution in [3.63, 3.8) is 0 Å². The van der Waals surface area contributed by atoms with Gasteiger partial charge in [-0.25, -0.2) is 0 Å². The largest absolute Gasteiger partial charge is 0.342 e. The van der Waals surface area contributed by atoms with E-state index >= 15 is 0 Å². The Hall–Kier alpha value is -0.610. The van der Waals surface area contributed by atoms with Crippen LogP contribution in [-0.2, 0) is 4.79 Å². The lowest BCUT2D eigenvalue weighted by atomic mass is 9.87. The molecule has 4 heteroatoms. The summed E-state index contributed by atoms with van der Waals surface area (Å²) < 4.78 is 0. The van der Waals surface area contributed by atoms with E-state index in [9.17, 15) is 4.79 Å². The Morgan fingerprint density at radius 2 is 1.92 bits per heavy atom. The fraction of sp³-hybridized carbons (Fsp3) is 0.889. The van der Waals surface area contributed by atoms with Crippen LogP contribution in [0.15, 0.2) is 0 Å². The summed E-state index contributed by atoms with van der Waals surface area (Å²) in [5.74, 6) is 0.225. The highest BCUT2D eigenvalue weighted by molar-refractivity contribution is 5.88. The van der Waals surface area contributed by atoms with Gasteiger partial charge in [0.1, 0.15) is 5.54 Å². The van der Waals surface area contributed by atoms with E-state index in [1.165, 1.54) is 0 Å². The molecule has 1 N–H and O–H groups in total. The number of likely N-dealkylation sites (N-methyl/N-ethyl adjacent to an activating group) is 1. The summed E-state index contributed by atoms with van der Waals surface area (Å²) in [4.78, 5) is 16.1. The second-order valence-corrected chi connectivity index (χ2v) is 4.20. The van der Waals surface area contributed by atoms with E-state index in [0.717, 1.165) is 25.9 Å². The summed E-state index contributed by atoms with van der Waals surface area (Å²) in [7, 11) is 4.14. The van der Waals surface area contributed by atoms with Crippen LogP contribution in [0.25, 0.3) is 0 Å². The topological polar surface area (TPSA) is 35.6 Å². The number of hydrogen-bond donors (Lipinski definition) is 1. The molecule has 2 rings (SSSR count). The van der Waals surface area contributed by atoms with Gasteiger partial charge >= 0.3 is 0 Å². The van der Waals surface area contributed by atoms with Crippen LogP contribution in [0.1, 0.15) is 12.8 Å². The number of piperidine rings is 1. The second kappa shape index (κ2) is 2.96. The first kappa shape index (κ1) is 8.97. The molecule has 2 heterocycles. The van der Waals surface area contributed by atoms with Crippen LogP contribution in [-0.4, -0.2) is 55.1 Å². The molecular formula is C9H17N3O. The normalized spacial score (nSPS) is 29.5. The summed E-state index contributed by atoms with van der Waals surface area (Å²) in [6, 6.07) is 0. The van der Waals surface area contributed by atoms with Crippen LogP contribution in [0.3, 0.4) is 0 Å². The van der Waals surface area contributed by atoms with Crippen LogP contribution in [0.4, 0.5) is 0 Å². The molecule has 4 nitrogen and oxygen atoms in total. The number of hydrogen-bond acceptors (Lipinski definition) is 3. The number of likely N-dealkylation sites (tertiary alicyclic amines) is 1.